The van der Waals surface area contributed by atoms with Crippen molar-refractivity contribution in [2.45, 2.75) is 55.9 Å². The molecule has 1 N–H and O–H groups in total. The number of hydrogen-bond acceptors (Lipinski definition) is 3. The minimum absolute atomic E-state index is 0.217. The number of esters is 1. The molecule has 30 heavy (non-hydrogen) atoms. The molecule has 2 atom stereocenters. The van der Waals surface area contributed by atoms with E-state index in [2.05, 4.69) is 7.05 Å². The third-order valence-corrected chi connectivity index (χ3v) is 7.30. The zero-order valence-electron chi connectivity index (χ0n) is 17.5. The summed E-state index contributed by atoms with van der Waals surface area (Å²) in [6, 6.07) is 18.7. The molecule has 4 rings (SSSR count). The van der Waals surface area contributed by atoms with Crippen LogP contribution < -0.4 is 0 Å². The molecule has 0 radical (unpaired) electrons. The van der Waals surface area contributed by atoms with E-state index in [1.807, 2.05) is 36.4 Å². The van der Waals surface area contributed by atoms with E-state index in [4.69, 9.17) is 4.74 Å². The van der Waals surface area contributed by atoms with E-state index in [1.54, 1.807) is 24.3 Å². The van der Waals surface area contributed by atoms with Crippen LogP contribution in [0.4, 0.5) is 4.39 Å². The summed E-state index contributed by atoms with van der Waals surface area (Å²) in [5.41, 5.74) is -0.835. The van der Waals surface area contributed by atoms with Gasteiger partial charge in [0.05, 0.1) is 32.4 Å². The van der Waals surface area contributed by atoms with E-state index in [9.17, 15) is 14.3 Å². The summed E-state index contributed by atoms with van der Waals surface area (Å²) < 4.78 is 19.6. The van der Waals surface area contributed by atoms with E-state index in [-0.39, 0.29) is 12.8 Å². The van der Waals surface area contributed by atoms with Crippen LogP contribution in [0.2, 0.25) is 0 Å². The number of quaternary nitrogens is 1. The number of carbonyl (C=O) groups excluding carboxylic acids is 1. The molecule has 0 saturated carbocycles. The number of carbonyl (C=O) groups is 1. The van der Waals surface area contributed by atoms with Crippen molar-refractivity contribution >= 4 is 5.97 Å². The fraction of sp³-hybridized carbons (Fsp3) is 0.480. The Morgan fingerprint density at radius 1 is 1.03 bits per heavy atom. The second-order valence-corrected chi connectivity index (χ2v) is 8.94. The van der Waals surface area contributed by atoms with Crippen molar-refractivity contribution in [3.63, 3.8) is 0 Å². The second-order valence-electron chi connectivity index (χ2n) is 8.94. The van der Waals surface area contributed by atoms with Crippen molar-refractivity contribution in [2.24, 2.45) is 0 Å². The summed E-state index contributed by atoms with van der Waals surface area (Å²) >= 11 is 0. The third-order valence-electron chi connectivity index (χ3n) is 7.30. The molecule has 2 aromatic carbocycles. The first kappa shape index (κ1) is 21.0. The van der Waals surface area contributed by atoms with Crippen LogP contribution in [-0.4, -0.2) is 54.0 Å². The Hall–Kier alpha value is -2.24. The lowest BCUT2D eigenvalue weighted by molar-refractivity contribution is -0.949. The maximum absolute atomic E-state index is 13.4. The minimum Gasteiger partial charge on any atom is -0.459 e. The average Bonchev–Trinajstić information content (AvgIpc) is 2.94. The minimum atomic E-state index is -1.84. The number of rotatable bonds is 7. The average molecular weight is 413 g/mol. The largest absolute Gasteiger partial charge is 0.459 e. The highest BCUT2D eigenvalue weighted by atomic mass is 19.1. The molecule has 2 heterocycles. The Labute approximate surface area is 177 Å². The highest BCUT2D eigenvalue weighted by Crippen LogP contribution is 2.43. The number of fused-ring (bicyclic) bond motifs is 2. The summed E-state index contributed by atoms with van der Waals surface area (Å²) in [6.45, 7) is 0.553. The number of alkyl halides is 1. The summed E-state index contributed by atoms with van der Waals surface area (Å²) in [5.74, 6) is -0.621. The van der Waals surface area contributed by atoms with E-state index in [1.165, 1.54) is 0 Å². The smallest absolute Gasteiger partial charge is 0.347 e. The predicted octanol–water partition coefficient (Wildman–Crippen LogP) is 3.97. The standard InChI is InChI=1S/C25H31FNO3/c1-27(16-8-15-26)21-13-14-22(27)18-23(17-21)30-24(28)25(29,19-9-4-2-5-10-19)20-11-6-3-7-12-20/h2-7,9-12,21-23,29H,8,13-18H2,1H3/q+1. The van der Waals surface area contributed by atoms with Gasteiger partial charge in [0.15, 0.2) is 0 Å². The van der Waals surface area contributed by atoms with Gasteiger partial charge in [0, 0.05) is 32.1 Å². The van der Waals surface area contributed by atoms with Crippen LogP contribution in [0, 0.1) is 0 Å². The molecule has 0 aliphatic carbocycles. The first-order valence-corrected chi connectivity index (χ1v) is 10.9. The van der Waals surface area contributed by atoms with Gasteiger partial charge in [-0.05, 0) is 11.1 Å². The molecule has 160 valence electrons. The Kier molecular flexibility index (Phi) is 5.94. The van der Waals surface area contributed by atoms with Gasteiger partial charge < -0.3 is 14.3 Å². The van der Waals surface area contributed by atoms with Crippen LogP contribution in [0.1, 0.15) is 43.2 Å². The molecule has 0 aromatic heterocycles. The maximum Gasteiger partial charge on any atom is 0.347 e. The number of aliphatic hydroxyl groups is 1. The summed E-state index contributed by atoms with van der Waals surface area (Å²) in [4.78, 5) is 13.4. The van der Waals surface area contributed by atoms with Crippen LogP contribution >= 0.6 is 0 Å². The lowest BCUT2D eigenvalue weighted by Crippen LogP contribution is -2.59. The summed E-state index contributed by atoms with van der Waals surface area (Å²) in [6.07, 6.45) is 4.07. The van der Waals surface area contributed by atoms with E-state index >= 15 is 0 Å². The van der Waals surface area contributed by atoms with Crippen LogP contribution in [0.15, 0.2) is 60.7 Å². The molecule has 5 heteroatoms. The molecule has 0 amide bonds. The first-order chi connectivity index (χ1) is 14.5. The second kappa shape index (κ2) is 8.48. The molecule has 4 nitrogen and oxygen atoms in total. The lowest BCUT2D eigenvalue weighted by atomic mass is 9.86. The molecule has 0 spiro atoms. The zero-order valence-corrected chi connectivity index (χ0v) is 17.5. The molecular weight excluding hydrogens is 381 g/mol. The lowest BCUT2D eigenvalue weighted by Gasteiger charge is -2.47. The summed E-state index contributed by atoms with van der Waals surface area (Å²) in [5, 5.41) is 11.6. The van der Waals surface area contributed by atoms with Gasteiger partial charge in [-0.1, -0.05) is 60.7 Å². The fourth-order valence-electron chi connectivity index (χ4n) is 5.55. The van der Waals surface area contributed by atoms with Crippen molar-refractivity contribution in [2.75, 3.05) is 20.3 Å². The van der Waals surface area contributed by atoms with Gasteiger partial charge in [0.25, 0.3) is 0 Å². The van der Waals surface area contributed by atoms with Gasteiger partial charge in [-0.25, -0.2) is 4.79 Å². The zero-order chi connectivity index (χ0) is 21.2. The van der Waals surface area contributed by atoms with Gasteiger partial charge in [-0.3, -0.25) is 4.39 Å². The Bertz CT molecular complexity index is 804. The Balaban J connectivity index is 1.55. The van der Waals surface area contributed by atoms with Crippen LogP contribution in [-0.2, 0) is 15.1 Å². The Morgan fingerprint density at radius 3 is 2.00 bits per heavy atom. The fourth-order valence-corrected chi connectivity index (χ4v) is 5.55. The maximum atomic E-state index is 13.4. The Morgan fingerprint density at radius 2 is 1.53 bits per heavy atom. The van der Waals surface area contributed by atoms with Crippen molar-refractivity contribution in [3.05, 3.63) is 71.8 Å². The van der Waals surface area contributed by atoms with E-state index < -0.39 is 11.6 Å². The van der Waals surface area contributed by atoms with Crippen molar-refractivity contribution in [1.82, 2.24) is 0 Å². The third kappa shape index (κ3) is 3.65. The highest BCUT2D eigenvalue weighted by Gasteiger charge is 2.53. The van der Waals surface area contributed by atoms with Gasteiger partial charge in [0.2, 0.25) is 5.60 Å². The molecule has 2 unspecified atom stereocenters. The van der Waals surface area contributed by atoms with Crippen molar-refractivity contribution in [3.8, 4) is 0 Å². The van der Waals surface area contributed by atoms with E-state index in [0.717, 1.165) is 36.7 Å². The molecule has 2 saturated heterocycles. The topological polar surface area (TPSA) is 46.5 Å². The number of nitrogens with zero attached hydrogens (tertiary/aromatic N) is 1. The number of benzene rings is 2. The molecule has 2 bridgehead atoms. The molecular formula is C25H31FNO3+. The quantitative estimate of drug-likeness (QED) is 0.553. The van der Waals surface area contributed by atoms with Crippen LogP contribution in [0.5, 0.6) is 0 Å². The molecule has 2 fully saturated rings. The highest BCUT2D eigenvalue weighted by molar-refractivity contribution is 5.85. The van der Waals surface area contributed by atoms with Gasteiger partial charge >= 0.3 is 5.97 Å². The van der Waals surface area contributed by atoms with E-state index in [0.29, 0.717) is 29.6 Å². The van der Waals surface area contributed by atoms with Crippen molar-refractivity contribution < 1.29 is 23.5 Å². The van der Waals surface area contributed by atoms with Crippen LogP contribution in [0.3, 0.4) is 0 Å². The summed E-state index contributed by atoms with van der Waals surface area (Å²) in [7, 11) is 2.22. The first-order valence-electron chi connectivity index (χ1n) is 10.9. The molecule has 2 aliphatic heterocycles. The van der Waals surface area contributed by atoms with Crippen molar-refractivity contribution in [1.29, 1.82) is 0 Å². The van der Waals surface area contributed by atoms with Gasteiger partial charge in [-0.2, -0.15) is 0 Å². The monoisotopic (exact) mass is 412 g/mol. The number of halogens is 1. The van der Waals surface area contributed by atoms with Crippen LogP contribution in [0.25, 0.3) is 0 Å². The predicted molar refractivity (Wildman–Crippen MR) is 113 cm³/mol. The number of hydrogen-bond donors (Lipinski definition) is 1. The molecule has 2 aromatic rings. The normalized spacial score (nSPS) is 28.3. The number of ether oxygens (including phenoxy) is 1. The molecule has 2 aliphatic rings. The van der Waals surface area contributed by atoms with Gasteiger partial charge in [-0.15, -0.1) is 0 Å². The SMILES string of the molecule is C[N+]1(CCCF)C2CCC1CC(OC(=O)C(O)(c1ccccc1)c1ccccc1)C2. The van der Waals surface area contributed by atoms with Gasteiger partial charge in [0.1, 0.15) is 6.10 Å². The number of piperidine rings is 1.